The first-order chi connectivity index (χ1) is 6.52. The number of hydrogen-bond donors (Lipinski definition) is 0. The van der Waals surface area contributed by atoms with Crippen LogP contribution in [0.25, 0.3) is 0 Å². The Kier molecular flexibility index (Phi) is 3.49. The third-order valence-electron chi connectivity index (χ3n) is 2.44. The summed E-state index contributed by atoms with van der Waals surface area (Å²) >= 11 is 0. The van der Waals surface area contributed by atoms with E-state index in [1.54, 1.807) is 4.90 Å². The minimum Gasteiger partial charge on any atom is -0.339 e. The molecule has 0 aromatic carbocycles. The first kappa shape index (κ1) is 11.0. The smallest absolute Gasteiger partial charge is 0.225 e. The van der Waals surface area contributed by atoms with Crippen molar-refractivity contribution in [1.82, 2.24) is 9.80 Å². The lowest BCUT2D eigenvalue weighted by Crippen LogP contribution is -2.51. The highest BCUT2D eigenvalue weighted by Crippen LogP contribution is 2.06. The molecule has 4 nitrogen and oxygen atoms in total. The largest absolute Gasteiger partial charge is 0.339 e. The Labute approximate surface area is 84.9 Å². The van der Waals surface area contributed by atoms with E-state index in [4.69, 9.17) is 0 Å². The minimum atomic E-state index is -0.151. The van der Waals surface area contributed by atoms with Crippen molar-refractivity contribution in [2.75, 3.05) is 26.2 Å². The average Bonchev–Trinajstić information content (AvgIpc) is 2.16. The normalized spacial score (nSPS) is 17.4. The summed E-state index contributed by atoms with van der Waals surface area (Å²) in [6.45, 7) is 9.63. The van der Waals surface area contributed by atoms with Gasteiger partial charge in [0, 0.05) is 39.0 Å². The first-order valence-corrected chi connectivity index (χ1v) is 4.92. The maximum absolute atomic E-state index is 11.6. The van der Waals surface area contributed by atoms with Crippen molar-refractivity contribution in [2.24, 2.45) is 5.92 Å². The summed E-state index contributed by atoms with van der Waals surface area (Å²) in [6.07, 6.45) is 0. The molecule has 79 valence electrons. The number of piperazine rings is 1. The molecule has 0 aromatic rings. The zero-order valence-electron chi connectivity index (χ0n) is 8.82. The lowest BCUT2D eigenvalue weighted by molar-refractivity contribution is -0.139. The van der Waals surface area contributed by atoms with Crippen LogP contribution in [0.15, 0.2) is 0 Å². The summed E-state index contributed by atoms with van der Waals surface area (Å²) < 4.78 is 0. The van der Waals surface area contributed by atoms with E-state index in [0.29, 0.717) is 26.2 Å². The van der Waals surface area contributed by atoms with E-state index in [1.807, 2.05) is 18.7 Å². The van der Waals surface area contributed by atoms with Crippen LogP contribution in [-0.4, -0.2) is 47.8 Å². The number of carbonyl (C=O) groups excluding carboxylic acids is 2. The average molecular weight is 197 g/mol. The predicted molar refractivity (Wildman–Crippen MR) is 53.4 cm³/mol. The zero-order valence-corrected chi connectivity index (χ0v) is 8.82. The summed E-state index contributed by atoms with van der Waals surface area (Å²) in [5, 5.41) is 0. The standard InChI is InChI=1S/C10H17N2O2/c1-8(2)10(14)12-6-4-11(5-7-12)9(3)13/h8H,3-7H2,1-2H3. The van der Waals surface area contributed by atoms with E-state index in [-0.39, 0.29) is 17.7 Å². The second kappa shape index (κ2) is 4.44. The Hall–Kier alpha value is -1.06. The Morgan fingerprint density at radius 3 is 1.86 bits per heavy atom. The van der Waals surface area contributed by atoms with E-state index in [9.17, 15) is 9.59 Å². The second-order valence-electron chi connectivity index (χ2n) is 3.86. The van der Waals surface area contributed by atoms with Gasteiger partial charge in [0.2, 0.25) is 11.8 Å². The summed E-state index contributed by atoms with van der Waals surface area (Å²) in [6, 6.07) is 0. The Bertz CT molecular complexity index is 230. The maximum Gasteiger partial charge on any atom is 0.225 e. The summed E-state index contributed by atoms with van der Waals surface area (Å²) in [5.74, 6) is 0.0554. The van der Waals surface area contributed by atoms with E-state index in [1.165, 1.54) is 0 Å². The molecule has 1 aliphatic heterocycles. The fourth-order valence-corrected chi connectivity index (χ4v) is 1.54. The Morgan fingerprint density at radius 1 is 1.07 bits per heavy atom. The fourth-order valence-electron chi connectivity index (χ4n) is 1.54. The summed E-state index contributed by atoms with van der Waals surface area (Å²) in [7, 11) is 0. The van der Waals surface area contributed by atoms with Gasteiger partial charge in [-0.15, -0.1) is 0 Å². The van der Waals surface area contributed by atoms with Crippen LogP contribution in [0.4, 0.5) is 0 Å². The van der Waals surface area contributed by atoms with Crippen LogP contribution < -0.4 is 0 Å². The van der Waals surface area contributed by atoms with Gasteiger partial charge in [-0.05, 0) is 0 Å². The first-order valence-electron chi connectivity index (χ1n) is 4.92. The molecule has 0 saturated carbocycles. The molecule has 4 heteroatoms. The van der Waals surface area contributed by atoms with Gasteiger partial charge in [0.15, 0.2) is 0 Å². The molecule has 1 radical (unpaired) electrons. The van der Waals surface area contributed by atoms with Gasteiger partial charge < -0.3 is 9.80 Å². The monoisotopic (exact) mass is 197 g/mol. The number of rotatable bonds is 1. The molecular weight excluding hydrogens is 180 g/mol. The fraction of sp³-hybridized carbons (Fsp3) is 0.700. The highest BCUT2D eigenvalue weighted by atomic mass is 16.2. The molecular formula is C10H17N2O2. The molecule has 1 aliphatic rings. The SMILES string of the molecule is [CH2]C(=O)N1CCN(C(=O)C(C)C)CC1. The highest BCUT2D eigenvalue weighted by Gasteiger charge is 2.23. The molecule has 0 aromatic heterocycles. The van der Waals surface area contributed by atoms with E-state index in [0.717, 1.165) is 0 Å². The van der Waals surface area contributed by atoms with Crippen LogP contribution in [-0.2, 0) is 9.59 Å². The van der Waals surface area contributed by atoms with E-state index in [2.05, 4.69) is 6.92 Å². The maximum atomic E-state index is 11.6. The number of amides is 2. The second-order valence-corrected chi connectivity index (χ2v) is 3.86. The molecule has 2 amide bonds. The van der Waals surface area contributed by atoms with Gasteiger partial charge in [0.1, 0.15) is 0 Å². The van der Waals surface area contributed by atoms with Crippen LogP contribution in [0.3, 0.4) is 0 Å². The molecule has 1 rings (SSSR count). The van der Waals surface area contributed by atoms with Gasteiger partial charge in [-0.2, -0.15) is 0 Å². The molecule has 0 atom stereocenters. The molecule has 0 N–H and O–H groups in total. The van der Waals surface area contributed by atoms with Crippen LogP contribution in [0, 0.1) is 12.8 Å². The van der Waals surface area contributed by atoms with Crippen LogP contribution in [0.2, 0.25) is 0 Å². The van der Waals surface area contributed by atoms with Crippen molar-refractivity contribution < 1.29 is 9.59 Å². The van der Waals surface area contributed by atoms with Crippen LogP contribution in [0.1, 0.15) is 13.8 Å². The van der Waals surface area contributed by atoms with Gasteiger partial charge in [0.25, 0.3) is 0 Å². The molecule has 0 bridgehead atoms. The Balaban J connectivity index is 2.43. The van der Waals surface area contributed by atoms with Gasteiger partial charge in [-0.25, -0.2) is 0 Å². The number of hydrogen-bond acceptors (Lipinski definition) is 2. The quantitative estimate of drug-likeness (QED) is 0.600. The van der Waals surface area contributed by atoms with Crippen molar-refractivity contribution in [3.8, 4) is 0 Å². The molecule has 1 saturated heterocycles. The zero-order chi connectivity index (χ0) is 10.7. The molecule has 1 fully saturated rings. The number of carbonyl (C=O) groups is 2. The van der Waals surface area contributed by atoms with E-state index < -0.39 is 0 Å². The van der Waals surface area contributed by atoms with E-state index >= 15 is 0 Å². The molecule has 1 heterocycles. The predicted octanol–water partition coefficient (Wildman–Crippen LogP) is 0.147. The van der Waals surface area contributed by atoms with Gasteiger partial charge in [0.05, 0.1) is 0 Å². The molecule has 0 unspecified atom stereocenters. The van der Waals surface area contributed by atoms with Crippen molar-refractivity contribution >= 4 is 11.8 Å². The summed E-state index contributed by atoms with van der Waals surface area (Å²) in [5.41, 5.74) is 0. The van der Waals surface area contributed by atoms with Gasteiger partial charge in [-0.3, -0.25) is 9.59 Å². The molecule has 0 spiro atoms. The van der Waals surface area contributed by atoms with Crippen molar-refractivity contribution in [3.63, 3.8) is 0 Å². The third kappa shape index (κ3) is 2.47. The van der Waals surface area contributed by atoms with Crippen LogP contribution >= 0.6 is 0 Å². The van der Waals surface area contributed by atoms with Crippen LogP contribution in [0.5, 0.6) is 0 Å². The molecule has 0 aliphatic carbocycles. The topological polar surface area (TPSA) is 40.6 Å². The lowest BCUT2D eigenvalue weighted by atomic mass is 10.1. The highest BCUT2D eigenvalue weighted by molar-refractivity contribution is 5.81. The minimum absolute atomic E-state index is 0.0389. The molecule has 14 heavy (non-hydrogen) atoms. The van der Waals surface area contributed by atoms with Crippen molar-refractivity contribution in [2.45, 2.75) is 13.8 Å². The summed E-state index contributed by atoms with van der Waals surface area (Å²) in [4.78, 5) is 26.0. The third-order valence-corrected chi connectivity index (χ3v) is 2.44. The van der Waals surface area contributed by atoms with Gasteiger partial charge in [-0.1, -0.05) is 13.8 Å². The van der Waals surface area contributed by atoms with Crippen molar-refractivity contribution in [3.05, 3.63) is 6.92 Å². The van der Waals surface area contributed by atoms with Gasteiger partial charge >= 0.3 is 0 Å². The lowest BCUT2D eigenvalue weighted by Gasteiger charge is -2.35. The van der Waals surface area contributed by atoms with Crippen molar-refractivity contribution in [1.29, 1.82) is 0 Å². The Morgan fingerprint density at radius 2 is 1.50 bits per heavy atom. The number of nitrogens with zero attached hydrogens (tertiary/aromatic N) is 2.